The van der Waals surface area contributed by atoms with Crippen LogP contribution in [0.5, 0.6) is 0 Å². The highest BCUT2D eigenvalue weighted by Crippen LogP contribution is 2.39. The third-order valence-corrected chi connectivity index (χ3v) is 8.20. The Morgan fingerprint density at radius 3 is 2.15 bits per heavy atom. The zero-order valence-corrected chi connectivity index (χ0v) is 23.7. The molecule has 0 spiro atoms. The first-order valence-electron chi connectivity index (χ1n) is 12.7. The average Bonchev–Trinajstić information content (AvgIpc) is 2.90. The fourth-order valence-electron chi connectivity index (χ4n) is 5.14. The molecular weight excluding hydrogens is 559 g/mol. The smallest absolute Gasteiger partial charge is 0.326 e. The van der Waals surface area contributed by atoms with E-state index in [1.807, 2.05) is 37.3 Å². The van der Waals surface area contributed by atoms with Gasteiger partial charge in [0.15, 0.2) is 0 Å². The molecule has 204 valence electrons. The summed E-state index contributed by atoms with van der Waals surface area (Å²) in [6.07, 6.45) is 4.15. The zero-order valence-electron chi connectivity index (χ0n) is 21.4. The molecule has 1 fully saturated rings. The van der Waals surface area contributed by atoms with E-state index in [4.69, 9.17) is 34.8 Å². The molecule has 3 aromatic rings. The molecule has 1 aliphatic rings. The first-order valence-corrected chi connectivity index (χ1v) is 13.9. The van der Waals surface area contributed by atoms with E-state index in [0.717, 1.165) is 30.4 Å². The average molecular weight is 588 g/mol. The Labute approximate surface area is 242 Å². The summed E-state index contributed by atoms with van der Waals surface area (Å²) in [6, 6.07) is 16.5. The van der Waals surface area contributed by atoms with Crippen LogP contribution < -0.4 is 10.6 Å². The van der Waals surface area contributed by atoms with Gasteiger partial charge in [0.05, 0.1) is 17.7 Å². The summed E-state index contributed by atoms with van der Waals surface area (Å²) in [5, 5.41) is 16.4. The molecule has 0 unspecified atom stereocenters. The van der Waals surface area contributed by atoms with Crippen LogP contribution in [0.1, 0.15) is 54.9 Å². The van der Waals surface area contributed by atoms with Crippen molar-refractivity contribution in [3.63, 3.8) is 0 Å². The Morgan fingerprint density at radius 1 is 0.897 bits per heavy atom. The Hall–Kier alpha value is -3.06. The molecule has 1 aliphatic carbocycles. The molecule has 0 bridgehead atoms. The Kier molecular flexibility index (Phi) is 9.21. The number of carbonyl (C=O) groups is 3. The van der Waals surface area contributed by atoms with Gasteiger partial charge in [0.25, 0.3) is 5.91 Å². The van der Waals surface area contributed by atoms with Gasteiger partial charge in [0.2, 0.25) is 5.91 Å². The topological polar surface area (TPSA) is 95.5 Å². The molecule has 6 nitrogen and oxygen atoms in total. The number of carbonyl (C=O) groups excluding carboxylic acids is 2. The second kappa shape index (κ2) is 12.4. The van der Waals surface area contributed by atoms with Crippen molar-refractivity contribution < 1.29 is 19.5 Å². The highest BCUT2D eigenvalue weighted by Gasteiger charge is 2.41. The maximum atomic E-state index is 13.5. The first kappa shape index (κ1) is 28.9. The van der Waals surface area contributed by atoms with Crippen LogP contribution >= 0.6 is 34.8 Å². The summed E-state index contributed by atoms with van der Waals surface area (Å²) in [6.45, 7) is 1.91. The minimum absolute atomic E-state index is 0.152. The summed E-state index contributed by atoms with van der Waals surface area (Å²) in [4.78, 5) is 38.9. The van der Waals surface area contributed by atoms with E-state index in [2.05, 4.69) is 10.6 Å². The molecular formula is C30H29Cl3N2O4. The number of nitrogens with one attached hydrogen (secondary N) is 2. The fraction of sp³-hybridized carbons (Fsp3) is 0.300. The predicted molar refractivity (Wildman–Crippen MR) is 156 cm³/mol. The number of hydrogen-bond donors (Lipinski definition) is 3. The van der Waals surface area contributed by atoms with E-state index in [9.17, 15) is 19.5 Å². The van der Waals surface area contributed by atoms with Crippen LogP contribution in [0, 0.1) is 5.41 Å². The summed E-state index contributed by atoms with van der Waals surface area (Å²) >= 11 is 18.5. The molecule has 0 aromatic heterocycles. The van der Waals surface area contributed by atoms with Gasteiger partial charge in [-0.15, -0.1) is 0 Å². The Morgan fingerprint density at radius 2 is 1.54 bits per heavy atom. The van der Waals surface area contributed by atoms with E-state index in [-0.39, 0.29) is 27.7 Å². The van der Waals surface area contributed by atoms with Gasteiger partial charge in [0.1, 0.15) is 6.04 Å². The van der Waals surface area contributed by atoms with Gasteiger partial charge in [-0.3, -0.25) is 9.59 Å². The van der Waals surface area contributed by atoms with Crippen molar-refractivity contribution in [1.29, 1.82) is 0 Å². The van der Waals surface area contributed by atoms with E-state index < -0.39 is 29.2 Å². The van der Waals surface area contributed by atoms with Gasteiger partial charge in [-0.1, -0.05) is 97.4 Å². The van der Waals surface area contributed by atoms with Crippen LogP contribution in [-0.4, -0.2) is 28.9 Å². The van der Waals surface area contributed by atoms with Crippen LogP contribution in [0.25, 0.3) is 11.1 Å². The normalized spacial score (nSPS) is 15.3. The predicted octanol–water partition coefficient (Wildman–Crippen LogP) is 7.65. The maximum Gasteiger partial charge on any atom is 0.326 e. The van der Waals surface area contributed by atoms with Crippen molar-refractivity contribution in [2.24, 2.45) is 5.41 Å². The number of anilines is 1. The molecule has 1 saturated carbocycles. The van der Waals surface area contributed by atoms with Crippen LogP contribution in [-0.2, 0) is 16.0 Å². The lowest BCUT2D eigenvalue weighted by Crippen LogP contribution is -2.52. The first-order chi connectivity index (χ1) is 18.6. The van der Waals surface area contributed by atoms with Gasteiger partial charge in [-0.05, 0) is 59.2 Å². The highest BCUT2D eigenvalue weighted by molar-refractivity contribution is 6.39. The standard InChI is InChI=1S/C30H29Cl3N2O4/c1-30(12-6-3-7-13-30)27(29(38)39)35-28(37)21-11-10-19(18-8-4-2-5-9-18)14-25(21)34-26(36)17-22-23(32)15-20(31)16-24(22)33/h2,4-5,8-11,14-16,27H,3,6-7,12-13,17H2,1H3,(H,34,36)(H,35,37)(H,38,39)/t27-/m1/s1. The van der Waals surface area contributed by atoms with Crippen molar-refractivity contribution in [3.8, 4) is 11.1 Å². The van der Waals surface area contributed by atoms with Gasteiger partial charge in [0, 0.05) is 15.1 Å². The lowest BCUT2D eigenvalue weighted by atomic mass is 9.70. The molecule has 4 rings (SSSR count). The largest absolute Gasteiger partial charge is 0.480 e. The number of carboxylic acid groups (broad SMARTS) is 1. The van der Waals surface area contributed by atoms with E-state index >= 15 is 0 Å². The highest BCUT2D eigenvalue weighted by atomic mass is 35.5. The fourth-order valence-corrected chi connectivity index (χ4v) is 6.09. The van der Waals surface area contributed by atoms with Gasteiger partial charge >= 0.3 is 5.97 Å². The summed E-state index contributed by atoms with van der Waals surface area (Å²) in [5.41, 5.74) is 1.91. The van der Waals surface area contributed by atoms with Crippen molar-refractivity contribution in [3.05, 3.63) is 86.9 Å². The Bertz CT molecular complexity index is 1370. The van der Waals surface area contributed by atoms with Crippen LogP contribution in [0.15, 0.2) is 60.7 Å². The van der Waals surface area contributed by atoms with Gasteiger partial charge in [-0.2, -0.15) is 0 Å². The molecule has 3 N–H and O–H groups in total. The molecule has 2 amide bonds. The quantitative estimate of drug-likeness (QED) is 0.252. The molecule has 3 aromatic carbocycles. The van der Waals surface area contributed by atoms with Gasteiger partial charge < -0.3 is 15.7 Å². The minimum atomic E-state index is -1.08. The molecule has 0 aliphatic heterocycles. The number of rotatable bonds is 8. The van der Waals surface area contributed by atoms with Crippen molar-refractivity contribution in [1.82, 2.24) is 5.32 Å². The number of benzene rings is 3. The lowest BCUT2D eigenvalue weighted by Gasteiger charge is -2.38. The second-order valence-corrected chi connectivity index (χ2v) is 11.4. The van der Waals surface area contributed by atoms with Crippen molar-refractivity contribution in [2.75, 3.05) is 5.32 Å². The van der Waals surface area contributed by atoms with E-state index in [1.54, 1.807) is 18.2 Å². The summed E-state index contributed by atoms with van der Waals surface area (Å²) in [7, 11) is 0. The third-order valence-electron chi connectivity index (χ3n) is 7.30. The maximum absolute atomic E-state index is 13.5. The van der Waals surface area contributed by atoms with Crippen molar-refractivity contribution >= 4 is 58.3 Å². The number of halogens is 3. The molecule has 39 heavy (non-hydrogen) atoms. The SMILES string of the molecule is CC1([C@H](NC(=O)c2ccc(-c3ccccc3)cc2NC(=O)Cc2c(Cl)cc(Cl)cc2Cl)C(=O)O)CCCCC1. The number of amides is 2. The molecule has 0 saturated heterocycles. The minimum Gasteiger partial charge on any atom is -0.480 e. The lowest BCUT2D eigenvalue weighted by molar-refractivity contribution is -0.143. The van der Waals surface area contributed by atoms with E-state index in [0.29, 0.717) is 23.4 Å². The zero-order chi connectivity index (χ0) is 28.2. The molecule has 0 heterocycles. The Balaban J connectivity index is 1.65. The molecule has 0 radical (unpaired) electrons. The summed E-state index contributed by atoms with van der Waals surface area (Å²) in [5.74, 6) is -2.10. The number of hydrogen-bond acceptors (Lipinski definition) is 3. The van der Waals surface area contributed by atoms with E-state index in [1.165, 1.54) is 12.1 Å². The monoisotopic (exact) mass is 586 g/mol. The van der Waals surface area contributed by atoms with Gasteiger partial charge in [-0.25, -0.2) is 4.79 Å². The number of carboxylic acids is 1. The number of aliphatic carboxylic acids is 1. The van der Waals surface area contributed by atoms with Crippen molar-refractivity contribution in [2.45, 2.75) is 51.5 Å². The molecule has 1 atom stereocenters. The summed E-state index contributed by atoms with van der Waals surface area (Å²) < 4.78 is 0. The van der Waals surface area contributed by atoms with Crippen LogP contribution in [0.3, 0.4) is 0 Å². The van der Waals surface area contributed by atoms with Crippen LogP contribution in [0.4, 0.5) is 5.69 Å². The molecule has 9 heteroatoms. The van der Waals surface area contributed by atoms with Crippen LogP contribution in [0.2, 0.25) is 15.1 Å². The second-order valence-electron chi connectivity index (χ2n) is 10.2. The third kappa shape index (κ3) is 6.93.